The zero-order valence-electron chi connectivity index (χ0n) is 13.0. The molecule has 1 aromatic rings. The Morgan fingerprint density at radius 3 is 2.48 bits per heavy atom. The summed E-state index contributed by atoms with van der Waals surface area (Å²) in [6.07, 6.45) is 11.4. The van der Waals surface area contributed by atoms with E-state index in [1.54, 1.807) is 0 Å². The van der Waals surface area contributed by atoms with Crippen molar-refractivity contribution in [2.24, 2.45) is 13.0 Å². The minimum absolute atomic E-state index is 0.238. The number of carboxylic acids is 1. The quantitative estimate of drug-likeness (QED) is 0.907. The summed E-state index contributed by atoms with van der Waals surface area (Å²) in [6.45, 7) is 0. The summed E-state index contributed by atoms with van der Waals surface area (Å²) in [5, 5.41) is 9.22. The predicted octanol–water partition coefficient (Wildman–Crippen LogP) is 3.44. The highest BCUT2D eigenvalue weighted by Crippen LogP contribution is 2.33. The van der Waals surface area contributed by atoms with E-state index in [4.69, 9.17) is 4.98 Å². The van der Waals surface area contributed by atoms with E-state index in [1.165, 1.54) is 56.5 Å². The summed E-state index contributed by atoms with van der Waals surface area (Å²) in [5.41, 5.74) is 2.33. The van der Waals surface area contributed by atoms with Crippen molar-refractivity contribution in [1.82, 2.24) is 9.55 Å². The summed E-state index contributed by atoms with van der Waals surface area (Å²) in [5.74, 6) is 0.883. The van der Waals surface area contributed by atoms with E-state index >= 15 is 0 Å². The minimum Gasteiger partial charge on any atom is -0.481 e. The largest absolute Gasteiger partial charge is 0.481 e. The molecule has 116 valence electrons. The monoisotopic (exact) mass is 290 g/mol. The average molecular weight is 290 g/mol. The van der Waals surface area contributed by atoms with Crippen molar-refractivity contribution >= 4 is 5.97 Å². The van der Waals surface area contributed by atoms with E-state index in [0.29, 0.717) is 12.3 Å². The van der Waals surface area contributed by atoms with Gasteiger partial charge in [-0.3, -0.25) is 4.79 Å². The van der Waals surface area contributed by atoms with Crippen molar-refractivity contribution in [3.63, 3.8) is 0 Å². The van der Waals surface area contributed by atoms with Crippen LogP contribution in [0.4, 0.5) is 0 Å². The number of nitrogens with zero attached hydrogens (tertiary/aromatic N) is 2. The van der Waals surface area contributed by atoms with Crippen LogP contribution in [0, 0.1) is 5.92 Å². The van der Waals surface area contributed by atoms with Gasteiger partial charge in [0.25, 0.3) is 0 Å². The van der Waals surface area contributed by atoms with Gasteiger partial charge in [-0.1, -0.05) is 32.1 Å². The van der Waals surface area contributed by atoms with Gasteiger partial charge in [0.15, 0.2) is 0 Å². The van der Waals surface area contributed by atoms with Gasteiger partial charge in [-0.2, -0.15) is 0 Å². The van der Waals surface area contributed by atoms with Gasteiger partial charge in [-0.15, -0.1) is 0 Å². The maximum Gasteiger partial charge on any atom is 0.306 e. The maximum atomic E-state index is 11.2. The van der Waals surface area contributed by atoms with Crippen molar-refractivity contribution in [1.29, 1.82) is 0 Å². The van der Waals surface area contributed by atoms with Crippen molar-refractivity contribution in [3.05, 3.63) is 17.2 Å². The van der Waals surface area contributed by atoms with Gasteiger partial charge in [0.1, 0.15) is 5.82 Å². The number of imidazole rings is 1. The fourth-order valence-corrected chi connectivity index (χ4v) is 4.02. The standard InChI is InChI=1S/C17H26N2O2/c1-19-15-10-9-13(17(20)21)11-14(15)18-16(19)12-7-5-3-2-4-6-8-12/h12-13H,2-11H2,1H3,(H,20,21). The van der Waals surface area contributed by atoms with E-state index in [9.17, 15) is 9.90 Å². The Hall–Kier alpha value is -1.32. The Labute approximate surface area is 126 Å². The highest BCUT2D eigenvalue weighted by Gasteiger charge is 2.30. The van der Waals surface area contributed by atoms with Crippen LogP contribution in [0.2, 0.25) is 0 Å². The van der Waals surface area contributed by atoms with Crippen LogP contribution in [0.15, 0.2) is 0 Å². The van der Waals surface area contributed by atoms with Gasteiger partial charge >= 0.3 is 5.97 Å². The lowest BCUT2D eigenvalue weighted by Gasteiger charge is -2.20. The van der Waals surface area contributed by atoms with E-state index in [1.807, 2.05) is 0 Å². The van der Waals surface area contributed by atoms with Crippen LogP contribution < -0.4 is 0 Å². The molecule has 4 nitrogen and oxygen atoms in total. The Balaban J connectivity index is 1.82. The maximum absolute atomic E-state index is 11.2. The number of hydrogen-bond donors (Lipinski definition) is 1. The lowest BCUT2D eigenvalue weighted by Crippen LogP contribution is -2.22. The molecular formula is C17H26N2O2. The molecule has 0 aliphatic heterocycles. The Morgan fingerprint density at radius 1 is 1.14 bits per heavy atom. The van der Waals surface area contributed by atoms with Gasteiger partial charge in [-0.05, 0) is 25.7 Å². The third kappa shape index (κ3) is 2.99. The van der Waals surface area contributed by atoms with Gasteiger partial charge in [0, 0.05) is 25.1 Å². The number of carboxylic acid groups (broad SMARTS) is 1. The molecule has 1 saturated carbocycles. The molecule has 1 N–H and O–H groups in total. The Kier molecular flexibility index (Phi) is 4.32. The van der Waals surface area contributed by atoms with Gasteiger partial charge in [0.2, 0.25) is 0 Å². The molecule has 0 spiro atoms. The molecule has 1 aromatic heterocycles. The van der Waals surface area contributed by atoms with E-state index in [0.717, 1.165) is 18.5 Å². The number of hydrogen-bond acceptors (Lipinski definition) is 2. The first-order valence-electron chi connectivity index (χ1n) is 8.44. The van der Waals surface area contributed by atoms with Crippen LogP contribution in [0.25, 0.3) is 0 Å². The molecular weight excluding hydrogens is 264 g/mol. The first-order valence-corrected chi connectivity index (χ1v) is 8.44. The molecule has 0 amide bonds. The predicted molar refractivity (Wildman–Crippen MR) is 81.4 cm³/mol. The lowest BCUT2D eigenvalue weighted by molar-refractivity contribution is -0.142. The number of aromatic nitrogens is 2. The molecule has 1 fully saturated rings. The average Bonchev–Trinajstić information content (AvgIpc) is 2.75. The summed E-state index contributed by atoms with van der Waals surface area (Å²) in [4.78, 5) is 16.1. The molecule has 0 bridgehead atoms. The van der Waals surface area contributed by atoms with Gasteiger partial charge in [-0.25, -0.2) is 4.98 Å². The summed E-state index contributed by atoms with van der Waals surface area (Å²) < 4.78 is 2.28. The number of carbonyl (C=O) groups is 1. The lowest BCUT2D eigenvalue weighted by atomic mass is 9.90. The fourth-order valence-electron chi connectivity index (χ4n) is 4.02. The third-order valence-electron chi connectivity index (χ3n) is 5.32. The topological polar surface area (TPSA) is 55.1 Å². The molecule has 1 atom stereocenters. The fraction of sp³-hybridized carbons (Fsp3) is 0.765. The van der Waals surface area contributed by atoms with E-state index in [2.05, 4.69) is 11.6 Å². The van der Waals surface area contributed by atoms with Crippen molar-refractivity contribution < 1.29 is 9.90 Å². The molecule has 2 aliphatic rings. The van der Waals surface area contributed by atoms with Gasteiger partial charge in [0.05, 0.1) is 11.6 Å². The van der Waals surface area contributed by atoms with E-state index in [-0.39, 0.29) is 5.92 Å². The summed E-state index contributed by atoms with van der Waals surface area (Å²) in [7, 11) is 2.13. The molecule has 0 aromatic carbocycles. The van der Waals surface area contributed by atoms with Crippen LogP contribution in [0.3, 0.4) is 0 Å². The van der Waals surface area contributed by atoms with E-state index < -0.39 is 5.97 Å². The first kappa shape index (κ1) is 14.6. The summed E-state index contributed by atoms with van der Waals surface area (Å²) in [6, 6.07) is 0. The summed E-state index contributed by atoms with van der Waals surface area (Å²) >= 11 is 0. The molecule has 0 saturated heterocycles. The zero-order valence-corrected chi connectivity index (χ0v) is 13.0. The Bertz CT molecular complexity index is 513. The number of rotatable bonds is 2. The normalized spacial score (nSPS) is 24.1. The van der Waals surface area contributed by atoms with Crippen LogP contribution in [0.5, 0.6) is 0 Å². The SMILES string of the molecule is Cn1c(C2CCCCCCC2)nc2c1CCC(C(=O)O)C2. The van der Waals surface area contributed by atoms with Crippen molar-refractivity contribution in [2.45, 2.75) is 70.1 Å². The molecule has 2 aliphatic carbocycles. The van der Waals surface area contributed by atoms with Crippen LogP contribution in [0.1, 0.15) is 74.5 Å². The van der Waals surface area contributed by atoms with Crippen molar-refractivity contribution in [3.8, 4) is 0 Å². The van der Waals surface area contributed by atoms with Crippen LogP contribution in [-0.4, -0.2) is 20.6 Å². The number of fused-ring (bicyclic) bond motifs is 1. The molecule has 4 heteroatoms. The second-order valence-corrected chi connectivity index (χ2v) is 6.74. The van der Waals surface area contributed by atoms with Crippen LogP contribution >= 0.6 is 0 Å². The number of aliphatic carboxylic acids is 1. The molecule has 0 radical (unpaired) electrons. The third-order valence-corrected chi connectivity index (χ3v) is 5.32. The molecule has 21 heavy (non-hydrogen) atoms. The second-order valence-electron chi connectivity index (χ2n) is 6.74. The highest BCUT2D eigenvalue weighted by atomic mass is 16.4. The highest BCUT2D eigenvalue weighted by molar-refractivity contribution is 5.70. The van der Waals surface area contributed by atoms with Crippen molar-refractivity contribution in [2.75, 3.05) is 0 Å². The van der Waals surface area contributed by atoms with Crippen LogP contribution in [-0.2, 0) is 24.7 Å². The molecule has 1 unspecified atom stereocenters. The second kappa shape index (κ2) is 6.20. The smallest absolute Gasteiger partial charge is 0.306 e. The Morgan fingerprint density at radius 2 is 1.81 bits per heavy atom. The minimum atomic E-state index is -0.668. The van der Waals surface area contributed by atoms with Gasteiger partial charge < -0.3 is 9.67 Å². The zero-order chi connectivity index (χ0) is 14.8. The molecule has 1 heterocycles. The first-order chi connectivity index (χ1) is 10.2. The molecule has 3 rings (SSSR count).